The van der Waals surface area contributed by atoms with Gasteiger partial charge in [-0.25, -0.2) is 4.39 Å². The van der Waals surface area contributed by atoms with Gasteiger partial charge in [-0.2, -0.15) is 0 Å². The van der Waals surface area contributed by atoms with Crippen molar-refractivity contribution in [3.63, 3.8) is 0 Å². The first kappa shape index (κ1) is 25.2. The summed E-state index contributed by atoms with van der Waals surface area (Å²) in [7, 11) is 0. The average molecular weight is 461 g/mol. The number of halogens is 1. The summed E-state index contributed by atoms with van der Waals surface area (Å²) in [6.45, 7) is 6.83. The van der Waals surface area contributed by atoms with Gasteiger partial charge < -0.3 is 10.2 Å². The van der Waals surface area contributed by atoms with E-state index >= 15 is 0 Å². The highest BCUT2D eigenvalue weighted by molar-refractivity contribution is 5.88. The van der Waals surface area contributed by atoms with Crippen LogP contribution in [-0.4, -0.2) is 29.3 Å². The fourth-order valence-corrected chi connectivity index (χ4v) is 3.85. The molecule has 1 atom stereocenters. The summed E-state index contributed by atoms with van der Waals surface area (Å²) >= 11 is 0. The molecule has 1 unspecified atom stereocenters. The van der Waals surface area contributed by atoms with Gasteiger partial charge in [-0.3, -0.25) is 9.59 Å². The van der Waals surface area contributed by atoms with E-state index in [0.29, 0.717) is 18.5 Å². The second-order valence-electron chi connectivity index (χ2n) is 9.06. The van der Waals surface area contributed by atoms with Crippen LogP contribution < -0.4 is 5.32 Å². The molecule has 1 N–H and O–H groups in total. The Bertz CT molecular complexity index is 1100. The van der Waals surface area contributed by atoms with Crippen LogP contribution in [0.2, 0.25) is 0 Å². The molecule has 3 aromatic carbocycles. The maximum absolute atomic E-state index is 14.4. The molecule has 178 valence electrons. The van der Waals surface area contributed by atoms with E-state index in [1.165, 1.54) is 6.07 Å². The summed E-state index contributed by atoms with van der Waals surface area (Å²) in [4.78, 5) is 28.7. The highest BCUT2D eigenvalue weighted by atomic mass is 19.1. The first-order chi connectivity index (χ1) is 16.3. The summed E-state index contributed by atoms with van der Waals surface area (Å²) in [6, 6.07) is 23.1. The number of benzene rings is 3. The maximum atomic E-state index is 14.4. The second kappa shape index (κ2) is 12.1. The summed E-state index contributed by atoms with van der Waals surface area (Å²) in [6.07, 6.45) is 0.265. The standard InChI is InChI=1S/C29H33FN2O2/c1-21(2)19-31-29(34)27(17-23-12-5-4-6-13-23)32(20-25-15-8-7-11-22(25)3)28(33)18-24-14-9-10-16-26(24)30/h4-16,21,27H,17-20H2,1-3H3,(H,31,34). The van der Waals surface area contributed by atoms with E-state index in [4.69, 9.17) is 0 Å². The predicted molar refractivity (Wildman–Crippen MR) is 134 cm³/mol. The molecule has 4 nitrogen and oxygen atoms in total. The third-order valence-electron chi connectivity index (χ3n) is 5.86. The number of nitrogens with one attached hydrogen (secondary N) is 1. The summed E-state index contributed by atoms with van der Waals surface area (Å²) in [5, 5.41) is 3.01. The molecule has 5 heteroatoms. The normalized spacial score (nSPS) is 11.8. The number of rotatable bonds is 10. The molecule has 0 fully saturated rings. The van der Waals surface area contributed by atoms with Crippen LogP contribution in [-0.2, 0) is 29.0 Å². The predicted octanol–water partition coefficient (Wildman–Crippen LogP) is 5.09. The van der Waals surface area contributed by atoms with E-state index < -0.39 is 11.9 Å². The van der Waals surface area contributed by atoms with E-state index in [0.717, 1.165) is 16.7 Å². The topological polar surface area (TPSA) is 49.4 Å². The minimum absolute atomic E-state index is 0.110. The van der Waals surface area contributed by atoms with Gasteiger partial charge in [0.2, 0.25) is 11.8 Å². The molecule has 0 aliphatic rings. The first-order valence-electron chi connectivity index (χ1n) is 11.7. The second-order valence-corrected chi connectivity index (χ2v) is 9.06. The van der Waals surface area contributed by atoms with Gasteiger partial charge in [-0.15, -0.1) is 0 Å². The monoisotopic (exact) mass is 460 g/mol. The molecule has 0 bridgehead atoms. The van der Waals surface area contributed by atoms with Gasteiger partial charge in [-0.05, 0) is 41.2 Å². The van der Waals surface area contributed by atoms with Gasteiger partial charge in [-0.1, -0.05) is 86.6 Å². The fourth-order valence-electron chi connectivity index (χ4n) is 3.85. The Morgan fingerprint density at radius 2 is 1.50 bits per heavy atom. The van der Waals surface area contributed by atoms with Crippen LogP contribution in [0.3, 0.4) is 0 Å². The smallest absolute Gasteiger partial charge is 0.243 e. The van der Waals surface area contributed by atoms with Gasteiger partial charge in [0.15, 0.2) is 0 Å². The van der Waals surface area contributed by atoms with Crippen molar-refractivity contribution < 1.29 is 14.0 Å². The fraction of sp³-hybridized carbons (Fsp3) is 0.310. The Kier molecular flexibility index (Phi) is 8.97. The van der Waals surface area contributed by atoms with E-state index in [1.54, 1.807) is 23.1 Å². The van der Waals surface area contributed by atoms with Crippen LogP contribution in [0.15, 0.2) is 78.9 Å². The number of amides is 2. The molecule has 3 rings (SSSR count). The van der Waals surface area contributed by atoms with Crippen LogP contribution in [0.25, 0.3) is 0 Å². The van der Waals surface area contributed by atoms with E-state index in [1.807, 2.05) is 75.4 Å². The van der Waals surface area contributed by atoms with Gasteiger partial charge in [0.1, 0.15) is 11.9 Å². The zero-order valence-corrected chi connectivity index (χ0v) is 20.1. The molecule has 0 heterocycles. The SMILES string of the molecule is Cc1ccccc1CN(C(=O)Cc1ccccc1F)C(Cc1ccccc1)C(=O)NCC(C)C. The Hall–Kier alpha value is -3.47. The molecule has 3 aromatic rings. The number of aryl methyl sites for hydroxylation is 1. The highest BCUT2D eigenvalue weighted by Crippen LogP contribution is 2.19. The lowest BCUT2D eigenvalue weighted by atomic mass is 10.00. The molecule has 0 radical (unpaired) electrons. The molecule has 0 aromatic heterocycles. The van der Waals surface area contributed by atoms with Gasteiger partial charge in [0.05, 0.1) is 6.42 Å². The molecule has 34 heavy (non-hydrogen) atoms. The van der Waals surface area contributed by atoms with Crippen LogP contribution in [0.4, 0.5) is 4.39 Å². The number of nitrogens with zero attached hydrogens (tertiary/aromatic N) is 1. The van der Waals surface area contributed by atoms with E-state index in [-0.39, 0.29) is 30.7 Å². The van der Waals surface area contributed by atoms with Crippen molar-refractivity contribution in [1.82, 2.24) is 10.2 Å². The van der Waals surface area contributed by atoms with Crippen LogP contribution in [0.5, 0.6) is 0 Å². The Morgan fingerprint density at radius 1 is 0.882 bits per heavy atom. The summed E-state index contributed by atoms with van der Waals surface area (Å²) in [5.41, 5.74) is 3.27. The maximum Gasteiger partial charge on any atom is 0.243 e. The minimum atomic E-state index is -0.722. The van der Waals surface area contributed by atoms with Gasteiger partial charge in [0, 0.05) is 19.5 Å². The zero-order chi connectivity index (χ0) is 24.5. The third kappa shape index (κ3) is 7.01. The van der Waals surface area contributed by atoms with Gasteiger partial charge >= 0.3 is 0 Å². The molecule has 0 saturated carbocycles. The van der Waals surface area contributed by atoms with Crippen molar-refractivity contribution in [2.75, 3.05) is 6.54 Å². The zero-order valence-electron chi connectivity index (χ0n) is 20.1. The number of carbonyl (C=O) groups excluding carboxylic acids is 2. The number of hydrogen-bond donors (Lipinski definition) is 1. The largest absolute Gasteiger partial charge is 0.354 e. The number of carbonyl (C=O) groups is 2. The lowest BCUT2D eigenvalue weighted by Crippen LogP contribution is -2.51. The molecule has 0 saturated heterocycles. The van der Waals surface area contributed by atoms with E-state index in [2.05, 4.69) is 5.32 Å². The highest BCUT2D eigenvalue weighted by Gasteiger charge is 2.31. The van der Waals surface area contributed by atoms with Crippen molar-refractivity contribution in [2.45, 2.75) is 46.2 Å². The number of hydrogen-bond acceptors (Lipinski definition) is 2. The molecule has 0 aliphatic heterocycles. The van der Waals surface area contributed by atoms with Crippen molar-refractivity contribution in [3.8, 4) is 0 Å². The van der Waals surface area contributed by atoms with Crippen molar-refractivity contribution in [3.05, 3.63) is 107 Å². The Morgan fingerprint density at radius 3 is 2.15 bits per heavy atom. The Balaban J connectivity index is 1.98. The van der Waals surface area contributed by atoms with Crippen molar-refractivity contribution in [1.29, 1.82) is 0 Å². The molecule has 0 aliphatic carbocycles. The minimum Gasteiger partial charge on any atom is -0.354 e. The summed E-state index contributed by atoms with van der Waals surface area (Å²) < 4.78 is 14.4. The van der Waals surface area contributed by atoms with Crippen LogP contribution >= 0.6 is 0 Å². The average Bonchev–Trinajstić information content (AvgIpc) is 2.83. The lowest BCUT2D eigenvalue weighted by molar-refractivity contribution is -0.140. The molecular weight excluding hydrogens is 427 g/mol. The quantitative estimate of drug-likeness (QED) is 0.458. The van der Waals surface area contributed by atoms with E-state index in [9.17, 15) is 14.0 Å². The summed E-state index contributed by atoms with van der Waals surface area (Å²) in [5.74, 6) is -0.627. The van der Waals surface area contributed by atoms with Crippen molar-refractivity contribution >= 4 is 11.8 Å². The molecule has 0 spiro atoms. The van der Waals surface area contributed by atoms with Crippen LogP contribution in [0.1, 0.15) is 36.1 Å². The molecular formula is C29H33FN2O2. The van der Waals surface area contributed by atoms with Crippen molar-refractivity contribution in [2.24, 2.45) is 5.92 Å². The van der Waals surface area contributed by atoms with Crippen LogP contribution in [0, 0.1) is 18.7 Å². The lowest BCUT2D eigenvalue weighted by Gasteiger charge is -2.32. The third-order valence-corrected chi connectivity index (χ3v) is 5.86. The van der Waals surface area contributed by atoms with Gasteiger partial charge in [0.25, 0.3) is 0 Å². The molecule has 2 amide bonds. The first-order valence-corrected chi connectivity index (χ1v) is 11.7. The Labute approximate surface area is 201 Å².